The highest BCUT2D eigenvalue weighted by atomic mass is 35.5. The number of pyridine rings is 1. The molecule has 6 nitrogen and oxygen atoms in total. The molecule has 7 heteroatoms. The summed E-state index contributed by atoms with van der Waals surface area (Å²) < 4.78 is 23.6. The first-order chi connectivity index (χ1) is 19.5. The predicted molar refractivity (Wildman–Crippen MR) is 153 cm³/mol. The molecule has 0 aliphatic heterocycles. The summed E-state index contributed by atoms with van der Waals surface area (Å²) in [7, 11) is 1.36. The van der Waals surface area contributed by atoms with Gasteiger partial charge in [-0.15, -0.1) is 0 Å². The Morgan fingerprint density at radius 3 is 2.62 bits per heavy atom. The van der Waals surface area contributed by atoms with E-state index in [9.17, 15) is 4.79 Å². The molecule has 0 unspecified atom stereocenters. The second-order valence-electron chi connectivity index (χ2n) is 10.3. The molecular weight excluding hydrogens is 526 g/mol. The highest BCUT2D eigenvalue weighted by molar-refractivity contribution is 6.31. The van der Waals surface area contributed by atoms with Crippen LogP contribution in [0.2, 0.25) is 5.02 Å². The van der Waals surface area contributed by atoms with Crippen LogP contribution in [-0.4, -0.2) is 24.2 Å². The first-order valence-corrected chi connectivity index (χ1v) is 13.9. The Hall–Kier alpha value is -3.87. The zero-order valence-electron chi connectivity index (χ0n) is 22.3. The second kappa shape index (κ2) is 11.3. The first-order valence-electron chi connectivity index (χ1n) is 13.5. The maximum Gasteiger partial charge on any atom is 0.337 e. The van der Waals surface area contributed by atoms with Crippen LogP contribution in [0.15, 0.2) is 85.2 Å². The fraction of sp³-hybridized carbons (Fsp3) is 0.273. The fourth-order valence-corrected chi connectivity index (χ4v) is 4.97. The van der Waals surface area contributed by atoms with Gasteiger partial charge in [-0.05, 0) is 84.8 Å². The molecule has 0 amide bonds. The smallest absolute Gasteiger partial charge is 0.337 e. The number of carbonyl (C=O) groups is 1. The zero-order valence-corrected chi connectivity index (χ0v) is 23.0. The summed E-state index contributed by atoms with van der Waals surface area (Å²) in [5.41, 5.74) is 5.09. The molecular formula is C33H30ClNO5. The monoisotopic (exact) mass is 555 g/mol. The van der Waals surface area contributed by atoms with Crippen molar-refractivity contribution in [1.29, 1.82) is 0 Å². The van der Waals surface area contributed by atoms with Gasteiger partial charge in [-0.2, -0.15) is 0 Å². The lowest BCUT2D eigenvalue weighted by molar-refractivity contribution is 0.0173. The Kier molecular flexibility index (Phi) is 7.46. The lowest BCUT2D eigenvalue weighted by Gasteiger charge is -2.22. The van der Waals surface area contributed by atoms with Gasteiger partial charge in [-0.3, -0.25) is 4.98 Å². The molecule has 0 spiro atoms. The number of nitrogens with zero attached hydrogens (tertiary/aromatic N) is 1. The molecule has 2 aliphatic carbocycles. The highest BCUT2D eigenvalue weighted by Crippen LogP contribution is 2.53. The summed E-state index contributed by atoms with van der Waals surface area (Å²) in [6.45, 7) is 0.684. The summed E-state index contributed by atoms with van der Waals surface area (Å²) >= 11 is 6.58. The molecule has 2 saturated carbocycles. The van der Waals surface area contributed by atoms with Gasteiger partial charge in [0.2, 0.25) is 0 Å². The Balaban J connectivity index is 1.17. The van der Waals surface area contributed by atoms with E-state index < -0.39 is 11.6 Å². The van der Waals surface area contributed by atoms with Gasteiger partial charge in [0.05, 0.1) is 31.0 Å². The Morgan fingerprint density at radius 2 is 1.82 bits per heavy atom. The van der Waals surface area contributed by atoms with E-state index in [1.54, 1.807) is 18.2 Å². The molecule has 0 bridgehead atoms. The van der Waals surface area contributed by atoms with E-state index in [1.807, 2.05) is 60.9 Å². The number of esters is 1. The van der Waals surface area contributed by atoms with Crippen LogP contribution in [0.4, 0.5) is 0 Å². The normalized spacial score (nSPS) is 15.3. The number of hydrogen-bond acceptors (Lipinski definition) is 6. The van der Waals surface area contributed by atoms with Gasteiger partial charge in [-0.1, -0.05) is 41.9 Å². The van der Waals surface area contributed by atoms with Crippen LogP contribution in [0.25, 0.3) is 11.1 Å². The summed E-state index contributed by atoms with van der Waals surface area (Å²) in [6, 6.07) is 23.0. The predicted octanol–water partition coefficient (Wildman–Crippen LogP) is 7.51. The van der Waals surface area contributed by atoms with Crippen LogP contribution >= 0.6 is 11.6 Å². The number of benzene rings is 3. The molecule has 0 radical (unpaired) electrons. The zero-order chi connectivity index (χ0) is 27.5. The molecule has 2 aliphatic rings. The third-order valence-corrected chi connectivity index (χ3v) is 7.65. The van der Waals surface area contributed by atoms with Crippen LogP contribution in [0.1, 0.15) is 52.7 Å². The summed E-state index contributed by atoms with van der Waals surface area (Å²) in [4.78, 5) is 16.3. The van der Waals surface area contributed by atoms with E-state index in [4.69, 9.17) is 30.5 Å². The molecule has 4 aromatic rings. The Bertz CT molecular complexity index is 1530. The molecule has 2 fully saturated rings. The first kappa shape index (κ1) is 26.4. The van der Waals surface area contributed by atoms with E-state index in [0.29, 0.717) is 35.7 Å². The van der Waals surface area contributed by atoms with Crippen molar-refractivity contribution < 1.29 is 23.7 Å². The van der Waals surface area contributed by atoms with Crippen LogP contribution in [0, 0.1) is 0 Å². The van der Waals surface area contributed by atoms with Crippen molar-refractivity contribution >= 4 is 17.6 Å². The average molecular weight is 556 g/mol. The third-order valence-electron chi connectivity index (χ3n) is 7.29. The number of para-hydroxylation sites is 1. The second-order valence-corrected chi connectivity index (χ2v) is 10.7. The number of ether oxygens (including phenoxy) is 4. The topological polar surface area (TPSA) is 66.9 Å². The maximum absolute atomic E-state index is 11.8. The molecule has 40 heavy (non-hydrogen) atoms. The summed E-state index contributed by atoms with van der Waals surface area (Å²) in [5.74, 6) is 1.09. The molecule has 0 saturated heterocycles. The third kappa shape index (κ3) is 5.83. The SMILES string of the molecule is COC(=O)c1cccc(OCc2ccc(Cl)c(COC3(c4cnccc4-c4ccccc4OC4CC4)CC3)c2)c1. The van der Waals surface area contributed by atoms with Crippen molar-refractivity contribution in [1.82, 2.24) is 4.98 Å². The number of aromatic nitrogens is 1. The minimum absolute atomic E-state index is 0.313. The number of methoxy groups -OCH3 is 1. The largest absolute Gasteiger partial charge is 0.490 e. The molecule has 204 valence electrons. The van der Waals surface area contributed by atoms with E-state index >= 15 is 0 Å². The number of halogens is 1. The Morgan fingerprint density at radius 1 is 0.975 bits per heavy atom. The number of rotatable bonds is 11. The van der Waals surface area contributed by atoms with Gasteiger partial charge in [0.25, 0.3) is 0 Å². The highest BCUT2D eigenvalue weighted by Gasteiger charge is 2.47. The van der Waals surface area contributed by atoms with Crippen molar-refractivity contribution in [2.75, 3.05) is 7.11 Å². The van der Waals surface area contributed by atoms with Gasteiger partial charge in [0.1, 0.15) is 18.1 Å². The molecule has 0 atom stereocenters. The van der Waals surface area contributed by atoms with Crippen LogP contribution < -0.4 is 9.47 Å². The van der Waals surface area contributed by atoms with Gasteiger partial charge < -0.3 is 18.9 Å². The van der Waals surface area contributed by atoms with Crippen molar-refractivity contribution in [3.8, 4) is 22.6 Å². The van der Waals surface area contributed by atoms with E-state index in [0.717, 1.165) is 59.3 Å². The molecule has 1 aromatic heterocycles. The van der Waals surface area contributed by atoms with Crippen molar-refractivity contribution in [2.45, 2.75) is 50.6 Å². The van der Waals surface area contributed by atoms with Gasteiger partial charge in [0.15, 0.2) is 0 Å². The summed E-state index contributed by atoms with van der Waals surface area (Å²) in [5, 5.41) is 0.641. The van der Waals surface area contributed by atoms with Crippen LogP contribution in [0.5, 0.6) is 11.5 Å². The minimum Gasteiger partial charge on any atom is -0.490 e. The van der Waals surface area contributed by atoms with Gasteiger partial charge in [-0.25, -0.2) is 4.79 Å². The lowest BCUT2D eigenvalue weighted by Crippen LogP contribution is -2.14. The van der Waals surface area contributed by atoms with E-state index in [2.05, 4.69) is 11.1 Å². The number of carbonyl (C=O) groups excluding carboxylic acids is 1. The van der Waals surface area contributed by atoms with Crippen molar-refractivity contribution in [3.63, 3.8) is 0 Å². The van der Waals surface area contributed by atoms with Gasteiger partial charge in [0, 0.05) is 28.5 Å². The molecule has 0 N–H and O–H groups in total. The minimum atomic E-state index is -0.416. The summed E-state index contributed by atoms with van der Waals surface area (Å²) in [6.07, 6.45) is 8.09. The maximum atomic E-state index is 11.8. The number of hydrogen-bond donors (Lipinski definition) is 0. The van der Waals surface area contributed by atoms with E-state index in [1.165, 1.54) is 7.11 Å². The van der Waals surface area contributed by atoms with Crippen LogP contribution in [-0.2, 0) is 28.3 Å². The quantitative estimate of drug-likeness (QED) is 0.178. The van der Waals surface area contributed by atoms with E-state index in [-0.39, 0.29) is 0 Å². The van der Waals surface area contributed by atoms with Crippen molar-refractivity contribution in [2.24, 2.45) is 0 Å². The standard InChI is InChI=1S/C33H30ClNO5/c1-37-32(36)23-5-4-6-26(18-23)38-20-22-9-12-30(34)24(17-22)21-39-33(14-15-33)29-19-35-16-13-27(29)28-7-2-3-8-31(28)40-25-10-11-25/h2-9,12-13,16-19,25H,10-11,14-15,20-21H2,1H3. The molecule has 3 aromatic carbocycles. The van der Waals surface area contributed by atoms with Crippen LogP contribution in [0.3, 0.4) is 0 Å². The molecule has 6 rings (SSSR count). The molecule has 1 heterocycles. The Labute approximate surface area is 238 Å². The fourth-order valence-electron chi connectivity index (χ4n) is 4.80. The van der Waals surface area contributed by atoms with Crippen molar-refractivity contribution in [3.05, 3.63) is 112 Å². The lowest BCUT2D eigenvalue weighted by atomic mass is 9.96. The average Bonchev–Trinajstić information content (AvgIpc) is 3.93. The van der Waals surface area contributed by atoms with Gasteiger partial charge >= 0.3 is 5.97 Å².